The average molecular weight is 452 g/mol. The summed E-state index contributed by atoms with van der Waals surface area (Å²) in [4.78, 5) is 14.3. The molecule has 2 nitrogen and oxygen atoms in total. The van der Waals surface area contributed by atoms with Crippen LogP contribution in [0.3, 0.4) is 0 Å². The van der Waals surface area contributed by atoms with Crippen molar-refractivity contribution in [2.24, 2.45) is 0 Å². The number of aromatic carboxylic acids is 1. The normalized spacial score (nSPS) is 10.9. The summed E-state index contributed by atoms with van der Waals surface area (Å²) >= 11 is 0. The van der Waals surface area contributed by atoms with E-state index in [1.807, 2.05) is 0 Å². The molecule has 0 radical (unpaired) electrons. The highest BCUT2D eigenvalue weighted by molar-refractivity contribution is 7.97. The second kappa shape index (κ2) is 10.7. The minimum Gasteiger partial charge on any atom is -0.545 e. The summed E-state index contributed by atoms with van der Waals surface area (Å²) in [5, 5.41) is 10.2. The van der Waals surface area contributed by atoms with Gasteiger partial charge in [0.15, 0.2) is 14.7 Å². The first kappa shape index (κ1) is 23.2. The van der Waals surface area contributed by atoms with Gasteiger partial charge in [0, 0.05) is 0 Å². The monoisotopic (exact) mass is 452 g/mol. The first-order chi connectivity index (χ1) is 15.4. The number of hydrogen-bond donors (Lipinski definition) is 0. The number of carbonyl (C=O) groups excluding carboxylic acids is 1. The summed E-state index contributed by atoms with van der Waals surface area (Å²) < 4.78 is 36.1. The molecule has 4 aromatic rings. The van der Waals surface area contributed by atoms with E-state index in [4.69, 9.17) is 0 Å². The first-order valence-electron chi connectivity index (χ1n) is 9.64. The Morgan fingerprint density at radius 1 is 0.625 bits per heavy atom. The molecule has 0 N–H and O–H groups in total. The van der Waals surface area contributed by atoms with E-state index < -0.39 is 23.3 Å². The van der Waals surface area contributed by atoms with Gasteiger partial charge in [-0.25, -0.2) is 0 Å². The molecule has 0 saturated carbocycles. The highest BCUT2D eigenvalue weighted by Crippen LogP contribution is 2.31. The van der Waals surface area contributed by atoms with Gasteiger partial charge in [-0.05, 0) is 54.1 Å². The lowest BCUT2D eigenvalue weighted by Crippen LogP contribution is -2.22. The van der Waals surface area contributed by atoms with Crippen LogP contribution in [0.2, 0.25) is 0 Å². The van der Waals surface area contributed by atoms with E-state index in [0.29, 0.717) is 6.07 Å². The van der Waals surface area contributed by atoms with Crippen LogP contribution >= 0.6 is 0 Å². The zero-order valence-electron chi connectivity index (χ0n) is 16.8. The Morgan fingerprint density at radius 2 is 1.03 bits per heavy atom. The lowest BCUT2D eigenvalue weighted by Gasteiger charge is -2.08. The molecule has 0 spiro atoms. The third kappa shape index (κ3) is 6.25. The molecular formula is C26H19F3O2S. The molecule has 0 aliphatic carbocycles. The number of alkyl halides is 3. The van der Waals surface area contributed by atoms with Gasteiger partial charge >= 0.3 is 6.18 Å². The molecule has 0 heterocycles. The van der Waals surface area contributed by atoms with Gasteiger partial charge in [-0.15, -0.1) is 0 Å². The van der Waals surface area contributed by atoms with Crippen molar-refractivity contribution in [2.45, 2.75) is 20.9 Å². The van der Waals surface area contributed by atoms with Crippen molar-refractivity contribution in [2.75, 3.05) is 0 Å². The zero-order valence-corrected chi connectivity index (χ0v) is 17.6. The molecule has 0 unspecified atom stereocenters. The number of carbonyl (C=O) groups is 1. The molecule has 162 valence electrons. The van der Waals surface area contributed by atoms with Gasteiger partial charge in [-0.1, -0.05) is 66.7 Å². The highest BCUT2D eigenvalue weighted by Gasteiger charge is 2.30. The van der Waals surface area contributed by atoms with Crippen LogP contribution < -0.4 is 5.11 Å². The van der Waals surface area contributed by atoms with Crippen LogP contribution in [0.15, 0.2) is 130 Å². The number of hydrogen-bond acceptors (Lipinski definition) is 2. The molecule has 0 bridgehead atoms. The van der Waals surface area contributed by atoms with Crippen molar-refractivity contribution in [3.63, 3.8) is 0 Å². The lowest BCUT2D eigenvalue weighted by atomic mass is 10.1. The van der Waals surface area contributed by atoms with Crippen LogP contribution in [0.4, 0.5) is 13.2 Å². The summed E-state index contributed by atoms with van der Waals surface area (Å²) in [6.45, 7) is 0. The van der Waals surface area contributed by atoms with Crippen LogP contribution in [0.1, 0.15) is 15.9 Å². The Labute approximate surface area is 187 Å². The lowest BCUT2D eigenvalue weighted by molar-refractivity contribution is -0.255. The van der Waals surface area contributed by atoms with Gasteiger partial charge < -0.3 is 9.90 Å². The minimum absolute atomic E-state index is 0.0146. The molecule has 0 aromatic heterocycles. The second-order valence-corrected chi connectivity index (χ2v) is 8.64. The van der Waals surface area contributed by atoms with E-state index in [1.165, 1.54) is 14.7 Å². The largest absolute Gasteiger partial charge is 0.545 e. The second-order valence-electron chi connectivity index (χ2n) is 6.61. The van der Waals surface area contributed by atoms with Crippen molar-refractivity contribution in [3.05, 3.63) is 126 Å². The molecule has 4 aromatic carbocycles. The van der Waals surface area contributed by atoms with Gasteiger partial charge in [-0.3, -0.25) is 0 Å². The number of benzene rings is 4. The molecule has 0 saturated heterocycles. The SMILES string of the molecule is O=C([O-])c1cccc(C(F)(F)F)c1.c1ccc([S+](c2ccccc2)c2ccccc2)cc1. The van der Waals surface area contributed by atoms with Crippen LogP contribution in [0, 0.1) is 0 Å². The molecule has 0 amide bonds. The maximum absolute atomic E-state index is 12.0. The molecule has 0 aliphatic heterocycles. The molecule has 0 fully saturated rings. The fraction of sp³-hybridized carbons (Fsp3) is 0.0385. The summed E-state index contributed by atoms with van der Waals surface area (Å²) in [6.07, 6.45) is -4.52. The van der Waals surface area contributed by atoms with Crippen LogP contribution in [-0.2, 0) is 17.1 Å². The predicted octanol–water partition coefficient (Wildman–Crippen LogP) is 5.85. The Kier molecular flexibility index (Phi) is 7.73. The third-order valence-corrected chi connectivity index (χ3v) is 6.59. The Balaban J connectivity index is 0.000000195. The highest BCUT2D eigenvalue weighted by atomic mass is 32.2. The molecule has 32 heavy (non-hydrogen) atoms. The van der Waals surface area contributed by atoms with Crippen LogP contribution in [0.5, 0.6) is 0 Å². The van der Waals surface area contributed by atoms with Crippen molar-refractivity contribution >= 4 is 16.9 Å². The van der Waals surface area contributed by atoms with E-state index >= 15 is 0 Å². The van der Waals surface area contributed by atoms with E-state index in [-0.39, 0.29) is 10.9 Å². The summed E-state index contributed by atoms with van der Waals surface area (Å²) in [5.74, 6) is -1.62. The molecule has 4 rings (SSSR count). The van der Waals surface area contributed by atoms with Crippen molar-refractivity contribution < 1.29 is 23.1 Å². The summed E-state index contributed by atoms with van der Waals surface area (Å²) in [5.41, 5.74) is -1.47. The van der Waals surface area contributed by atoms with Gasteiger partial charge in [0.05, 0.1) is 22.4 Å². The van der Waals surface area contributed by atoms with E-state index in [0.717, 1.165) is 18.2 Å². The van der Waals surface area contributed by atoms with Crippen molar-refractivity contribution in [1.29, 1.82) is 0 Å². The maximum Gasteiger partial charge on any atom is 0.416 e. The fourth-order valence-corrected chi connectivity index (χ4v) is 5.00. The number of rotatable bonds is 4. The van der Waals surface area contributed by atoms with Gasteiger partial charge in [0.1, 0.15) is 0 Å². The van der Waals surface area contributed by atoms with E-state index in [9.17, 15) is 23.1 Å². The first-order valence-corrected chi connectivity index (χ1v) is 10.9. The molecular weight excluding hydrogens is 433 g/mol. The molecule has 0 aliphatic rings. The smallest absolute Gasteiger partial charge is 0.416 e. The summed E-state index contributed by atoms with van der Waals surface area (Å²) in [7, 11) is -0.0146. The standard InChI is InChI=1S/C18H15S.C8H5F3O2/c1-4-10-16(11-5-1)19(17-12-6-2-7-13-17)18-14-8-3-9-15-18;9-8(10,11)6-3-1-2-5(4-6)7(12)13/h1-15H;1-4H,(H,12,13)/q+1;/p-1. The van der Waals surface area contributed by atoms with E-state index in [1.54, 1.807) is 0 Å². The molecule has 0 atom stereocenters. The molecule has 6 heteroatoms. The zero-order chi connectivity index (χ0) is 23.0. The van der Waals surface area contributed by atoms with Crippen molar-refractivity contribution in [3.8, 4) is 0 Å². The Bertz CT molecular complexity index is 1040. The van der Waals surface area contributed by atoms with Crippen LogP contribution in [-0.4, -0.2) is 5.97 Å². The number of carboxylic acid groups (broad SMARTS) is 1. The third-order valence-electron chi connectivity index (χ3n) is 4.36. The quantitative estimate of drug-likeness (QED) is 0.365. The topological polar surface area (TPSA) is 40.1 Å². The number of halogens is 3. The van der Waals surface area contributed by atoms with Gasteiger partial charge in [0.25, 0.3) is 0 Å². The average Bonchev–Trinajstić information content (AvgIpc) is 2.81. The van der Waals surface area contributed by atoms with Crippen molar-refractivity contribution in [1.82, 2.24) is 0 Å². The Morgan fingerprint density at radius 3 is 1.38 bits per heavy atom. The Hall–Kier alpha value is -3.51. The predicted molar refractivity (Wildman–Crippen MR) is 117 cm³/mol. The minimum atomic E-state index is -4.52. The number of carboxylic acids is 1. The maximum atomic E-state index is 12.0. The van der Waals surface area contributed by atoms with Gasteiger partial charge in [-0.2, -0.15) is 13.2 Å². The fourth-order valence-electron chi connectivity index (χ4n) is 2.90. The summed E-state index contributed by atoms with van der Waals surface area (Å²) in [6, 6.07) is 35.6. The van der Waals surface area contributed by atoms with Gasteiger partial charge in [0.2, 0.25) is 0 Å². The van der Waals surface area contributed by atoms with E-state index in [2.05, 4.69) is 91.0 Å². The van der Waals surface area contributed by atoms with Crippen LogP contribution in [0.25, 0.3) is 0 Å².